The molecule has 1 aromatic rings. The van der Waals surface area contributed by atoms with E-state index in [0.29, 0.717) is 6.54 Å². The van der Waals surface area contributed by atoms with E-state index in [4.69, 9.17) is 5.73 Å². The number of nitrogens with zero attached hydrogens (tertiary/aromatic N) is 2. The van der Waals surface area contributed by atoms with Crippen LogP contribution < -0.4 is 5.73 Å². The Morgan fingerprint density at radius 1 is 1.44 bits per heavy atom. The van der Waals surface area contributed by atoms with Crippen molar-refractivity contribution in [3.8, 4) is 0 Å². The maximum Gasteiger partial charge on any atom is 0.128 e. The molecule has 1 heterocycles. The largest absolute Gasteiger partial charge is 0.325 e. The van der Waals surface area contributed by atoms with Crippen molar-refractivity contribution in [1.82, 2.24) is 10.2 Å². The van der Waals surface area contributed by atoms with Crippen LogP contribution in [0.4, 0.5) is 0 Å². The predicted molar refractivity (Wildman–Crippen MR) is 37.6 cm³/mol. The minimum absolute atomic E-state index is 0.445. The van der Waals surface area contributed by atoms with Gasteiger partial charge in [-0.05, 0) is 28.1 Å². The molecule has 0 amide bonds. The molecule has 1 rings (SSSR count). The first kappa shape index (κ1) is 6.64. The molecule has 0 aromatic carbocycles. The Kier molecular flexibility index (Phi) is 2.13. The summed E-state index contributed by atoms with van der Waals surface area (Å²) in [7, 11) is 0. The fraction of sp³-hybridized carbons (Fsp3) is 0.200. The summed E-state index contributed by atoms with van der Waals surface area (Å²) in [6.45, 7) is 0.445. The average molecular weight is 188 g/mol. The van der Waals surface area contributed by atoms with Gasteiger partial charge in [0.2, 0.25) is 0 Å². The Balaban J connectivity index is 2.88. The molecule has 48 valence electrons. The van der Waals surface area contributed by atoms with E-state index in [1.165, 1.54) is 0 Å². The number of aromatic nitrogens is 2. The van der Waals surface area contributed by atoms with Crippen LogP contribution in [0.5, 0.6) is 0 Å². The number of hydrogen-bond donors (Lipinski definition) is 1. The van der Waals surface area contributed by atoms with E-state index in [2.05, 4.69) is 26.1 Å². The van der Waals surface area contributed by atoms with E-state index >= 15 is 0 Å². The van der Waals surface area contributed by atoms with Crippen molar-refractivity contribution in [2.24, 2.45) is 5.73 Å². The predicted octanol–water partition coefficient (Wildman–Crippen LogP) is 0.698. The molecule has 2 N–H and O–H groups in total. The van der Waals surface area contributed by atoms with E-state index in [-0.39, 0.29) is 0 Å². The van der Waals surface area contributed by atoms with E-state index in [1.807, 2.05) is 12.1 Å². The normalized spacial score (nSPS) is 9.56. The quantitative estimate of drug-likeness (QED) is 0.705. The number of nitrogens with two attached hydrogens (primary N) is 1. The first-order valence-electron chi connectivity index (χ1n) is 2.51. The second kappa shape index (κ2) is 2.89. The first-order chi connectivity index (χ1) is 4.33. The van der Waals surface area contributed by atoms with Crippen LogP contribution in [0.15, 0.2) is 16.7 Å². The molecule has 0 spiro atoms. The summed E-state index contributed by atoms with van der Waals surface area (Å²) >= 11 is 3.16. The second-order valence-corrected chi connectivity index (χ2v) is 2.36. The third-order valence-electron chi connectivity index (χ3n) is 0.896. The lowest BCUT2D eigenvalue weighted by Gasteiger charge is -1.91. The average Bonchev–Trinajstić information content (AvgIpc) is 1.90. The highest BCUT2D eigenvalue weighted by molar-refractivity contribution is 9.10. The van der Waals surface area contributed by atoms with Gasteiger partial charge in [-0.3, -0.25) is 0 Å². The maximum atomic E-state index is 5.28. The van der Waals surface area contributed by atoms with E-state index in [9.17, 15) is 0 Å². The molecule has 0 saturated carbocycles. The van der Waals surface area contributed by atoms with Crippen LogP contribution >= 0.6 is 15.9 Å². The summed E-state index contributed by atoms with van der Waals surface area (Å²) in [5, 5.41) is 7.51. The van der Waals surface area contributed by atoms with Gasteiger partial charge in [-0.2, -0.15) is 5.10 Å². The molecule has 1 aromatic heterocycles. The smallest absolute Gasteiger partial charge is 0.128 e. The topological polar surface area (TPSA) is 51.8 Å². The molecule has 0 saturated heterocycles. The zero-order chi connectivity index (χ0) is 6.69. The minimum Gasteiger partial charge on any atom is -0.325 e. The van der Waals surface area contributed by atoms with E-state index in [0.717, 1.165) is 10.3 Å². The third kappa shape index (κ3) is 1.73. The van der Waals surface area contributed by atoms with Gasteiger partial charge in [0.25, 0.3) is 0 Å². The lowest BCUT2D eigenvalue weighted by atomic mass is 10.4. The van der Waals surface area contributed by atoms with Gasteiger partial charge in [0.15, 0.2) is 0 Å². The van der Waals surface area contributed by atoms with Gasteiger partial charge in [0.05, 0.1) is 5.69 Å². The van der Waals surface area contributed by atoms with Crippen LogP contribution in [0, 0.1) is 0 Å². The van der Waals surface area contributed by atoms with Crippen molar-refractivity contribution in [2.75, 3.05) is 0 Å². The molecular formula is C5H6BrN3. The van der Waals surface area contributed by atoms with Crippen molar-refractivity contribution in [3.05, 3.63) is 22.4 Å². The lowest BCUT2D eigenvalue weighted by molar-refractivity contribution is 0.886. The van der Waals surface area contributed by atoms with Crippen LogP contribution in [0.1, 0.15) is 5.69 Å². The molecule has 0 radical (unpaired) electrons. The molecular weight excluding hydrogens is 182 g/mol. The highest BCUT2D eigenvalue weighted by Crippen LogP contribution is 2.02. The van der Waals surface area contributed by atoms with E-state index in [1.54, 1.807) is 0 Å². The molecule has 3 nitrogen and oxygen atoms in total. The Morgan fingerprint density at radius 3 is 2.67 bits per heavy atom. The van der Waals surface area contributed by atoms with Gasteiger partial charge in [0.1, 0.15) is 4.60 Å². The van der Waals surface area contributed by atoms with Gasteiger partial charge in [-0.25, -0.2) is 0 Å². The van der Waals surface area contributed by atoms with E-state index < -0.39 is 0 Å². The Labute approximate surface area is 61.4 Å². The van der Waals surface area contributed by atoms with Crippen molar-refractivity contribution in [3.63, 3.8) is 0 Å². The van der Waals surface area contributed by atoms with Gasteiger partial charge < -0.3 is 5.73 Å². The number of hydrogen-bond acceptors (Lipinski definition) is 3. The number of halogens is 1. The monoisotopic (exact) mass is 187 g/mol. The number of rotatable bonds is 1. The maximum absolute atomic E-state index is 5.28. The Hall–Kier alpha value is -0.480. The highest BCUT2D eigenvalue weighted by atomic mass is 79.9. The van der Waals surface area contributed by atoms with Crippen molar-refractivity contribution < 1.29 is 0 Å². The molecule has 0 fully saturated rings. The third-order valence-corrected chi connectivity index (χ3v) is 1.32. The van der Waals surface area contributed by atoms with Crippen molar-refractivity contribution >= 4 is 15.9 Å². The highest BCUT2D eigenvalue weighted by Gasteiger charge is 1.89. The summed E-state index contributed by atoms with van der Waals surface area (Å²) < 4.78 is 0.736. The Morgan fingerprint density at radius 2 is 2.22 bits per heavy atom. The van der Waals surface area contributed by atoms with Crippen LogP contribution in [0.25, 0.3) is 0 Å². The molecule has 0 aliphatic carbocycles. The molecule has 9 heavy (non-hydrogen) atoms. The molecule has 0 atom stereocenters. The summed E-state index contributed by atoms with van der Waals surface area (Å²) in [6, 6.07) is 3.65. The Bertz CT molecular complexity index is 184. The summed E-state index contributed by atoms with van der Waals surface area (Å²) in [5.41, 5.74) is 6.09. The van der Waals surface area contributed by atoms with Crippen LogP contribution in [0.3, 0.4) is 0 Å². The zero-order valence-electron chi connectivity index (χ0n) is 4.71. The molecule has 0 bridgehead atoms. The minimum atomic E-state index is 0.445. The molecule has 0 unspecified atom stereocenters. The van der Waals surface area contributed by atoms with Gasteiger partial charge in [-0.15, -0.1) is 5.10 Å². The van der Waals surface area contributed by atoms with Crippen LogP contribution in [-0.2, 0) is 6.54 Å². The zero-order valence-corrected chi connectivity index (χ0v) is 6.30. The summed E-state index contributed by atoms with van der Waals surface area (Å²) in [4.78, 5) is 0. The van der Waals surface area contributed by atoms with Crippen LogP contribution in [-0.4, -0.2) is 10.2 Å². The fourth-order valence-electron chi connectivity index (χ4n) is 0.452. The molecule has 4 heteroatoms. The second-order valence-electron chi connectivity index (χ2n) is 1.55. The van der Waals surface area contributed by atoms with Crippen molar-refractivity contribution in [2.45, 2.75) is 6.54 Å². The summed E-state index contributed by atoms with van der Waals surface area (Å²) in [5.74, 6) is 0. The SMILES string of the molecule is NCc1ccc(Br)nn1. The van der Waals surface area contributed by atoms with Crippen molar-refractivity contribution in [1.29, 1.82) is 0 Å². The first-order valence-corrected chi connectivity index (χ1v) is 3.30. The van der Waals surface area contributed by atoms with Crippen LogP contribution in [0.2, 0.25) is 0 Å². The lowest BCUT2D eigenvalue weighted by Crippen LogP contribution is -2.00. The fourth-order valence-corrected chi connectivity index (χ4v) is 0.664. The standard InChI is InChI=1S/C5H6BrN3/c6-5-2-1-4(3-7)8-9-5/h1-2H,3,7H2. The van der Waals surface area contributed by atoms with Gasteiger partial charge >= 0.3 is 0 Å². The van der Waals surface area contributed by atoms with Gasteiger partial charge in [-0.1, -0.05) is 0 Å². The molecule has 0 aliphatic heterocycles. The molecule has 0 aliphatic rings. The summed E-state index contributed by atoms with van der Waals surface area (Å²) in [6.07, 6.45) is 0. The van der Waals surface area contributed by atoms with Gasteiger partial charge in [0, 0.05) is 6.54 Å².